The van der Waals surface area contributed by atoms with Gasteiger partial charge in [0.1, 0.15) is 5.75 Å². The smallest absolute Gasteiger partial charge is 0.118 e. The predicted molar refractivity (Wildman–Crippen MR) is 71.5 cm³/mol. The fraction of sp³-hybridized carbons (Fsp3) is 0.357. The van der Waals surface area contributed by atoms with Gasteiger partial charge in [-0.1, -0.05) is 12.1 Å². The summed E-state index contributed by atoms with van der Waals surface area (Å²) >= 11 is 0. The Morgan fingerprint density at radius 2 is 1.94 bits per heavy atom. The zero-order chi connectivity index (χ0) is 13.2. The van der Waals surface area contributed by atoms with Gasteiger partial charge in [-0.05, 0) is 31.5 Å². The first-order valence-electron chi connectivity index (χ1n) is 6.04. The number of benzene rings is 1. The summed E-state index contributed by atoms with van der Waals surface area (Å²) in [5.74, 6) is 0.832. The molecular formula is C14H19N3O. The van der Waals surface area contributed by atoms with E-state index in [2.05, 4.69) is 12.0 Å². The molecule has 1 atom stereocenters. The highest BCUT2D eigenvalue weighted by atomic mass is 16.5. The molecule has 0 aliphatic rings. The number of ether oxygens (including phenoxy) is 1. The van der Waals surface area contributed by atoms with Gasteiger partial charge in [0.25, 0.3) is 0 Å². The minimum absolute atomic E-state index is 0.542. The van der Waals surface area contributed by atoms with E-state index in [9.17, 15) is 0 Å². The lowest BCUT2D eigenvalue weighted by molar-refractivity contribution is 0.414. The number of hydrogen-bond acceptors (Lipinski definition) is 3. The monoisotopic (exact) mass is 245 g/mol. The van der Waals surface area contributed by atoms with Gasteiger partial charge in [0.05, 0.1) is 18.8 Å². The molecule has 1 aromatic carbocycles. The van der Waals surface area contributed by atoms with Crippen molar-refractivity contribution in [1.29, 1.82) is 0 Å². The molecule has 2 rings (SSSR count). The van der Waals surface area contributed by atoms with Crippen molar-refractivity contribution in [2.24, 2.45) is 5.73 Å². The first kappa shape index (κ1) is 12.6. The van der Waals surface area contributed by atoms with Crippen LogP contribution in [0.4, 0.5) is 0 Å². The third-order valence-electron chi connectivity index (χ3n) is 3.25. The van der Waals surface area contributed by atoms with Crippen LogP contribution in [-0.2, 0) is 12.1 Å². The highest BCUT2D eigenvalue weighted by Gasteiger charge is 2.25. The van der Waals surface area contributed by atoms with Crippen LogP contribution in [0.1, 0.15) is 25.0 Å². The predicted octanol–water partition coefficient (Wildman–Crippen LogP) is 2.13. The largest absolute Gasteiger partial charge is 0.497 e. The molecule has 0 spiro atoms. The van der Waals surface area contributed by atoms with E-state index in [1.54, 1.807) is 7.11 Å². The van der Waals surface area contributed by atoms with Crippen molar-refractivity contribution < 1.29 is 4.74 Å². The molecule has 2 aromatic rings. The molecule has 0 amide bonds. The number of aryl methyl sites for hydroxylation is 1. The summed E-state index contributed by atoms with van der Waals surface area (Å²) < 4.78 is 7.03. The second-order valence-electron chi connectivity index (χ2n) is 4.52. The second kappa shape index (κ2) is 4.82. The summed E-state index contributed by atoms with van der Waals surface area (Å²) in [5, 5.41) is 4.27. The number of nitrogens with zero attached hydrogens (tertiary/aromatic N) is 2. The molecule has 1 heterocycles. The van der Waals surface area contributed by atoms with Crippen LogP contribution in [0.2, 0.25) is 0 Å². The van der Waals surface area contributed by atoms with Gasteiger partial charge < -0.3 is 10.5 Å². The zero-order valence-electron chi connectivity index (χ0n) is 11.1. The van der Waals surface area contributed by atoms with E-state index in [1.165, 1.54) is 0 Å². The van der Waals surface area contributed by atoms with Crippen LogP contribution in [-0.4, -0.2) is 16.9 Å². The van der Waals surface area contributed by atoms with Crippen molar-refractivity contribution in [2.75, 3.05) is 7.11 Å². The Balaban J connectivity index is 2.33. The summed E-state index contributed by atoms with van der Waals surface area (Å²) in [6.45, 7) is 4.89. The maximum Gasteiger partial charge on any atom is 0.118 e. The summed E-state index contributed by atoms with van der Waals surface area (Å²) in [6, 6.07) is 7.82. The summed E-state index contributed by atoms with van der Waals surface area (Å²) in [4.78, 5) is 0. The van der Waals surface area contributed by atoms with Gasteiger partial charge in [0.15, 0.2) is 0 Å². The highest BCUT2D eigenvalue weighted by molar-refractivity contribution is 5.37. The summed E-state index contributed by atoms with van der Waals surface area (Å²) in [6.07, 6.45) is 3.82. The van der Waals surface area contributed by atoms with Crippen LogP contribution in [0.15, 0.2) is 36.7 Å². The van der Waals surface area contributed by atoms with Crippen LogP contribution >= 0.6 is 0 Å². The van der Waals surface area contributed by atoms with E-state index in [0.29, 0.717) is 0 Å². The minimum Gasteiger partial charge on any atom is -0.497 e. The molecule has 0 fully saturated rings. The second-order valence-corrected chi connectivity index (χ2v) is 4.52. The first-order chi connectivity index (χ1) is 8.57. The quantitative estimate of drug-likeness (QED) is 0.897. The molecule has 0 bridgehead atoms. The van der Waals surface area contributed by atoms with E-state index in [0.717, 1.165) is 23.4 Å². The molecule has 18 heavy (non-hydrogen) atoms. The maximum absolute atomic E-state index is 6.42. The third kappa shape index (κ3) is 2.24. The van der Waals surface area contributed by atoms with Crippen LogP contribution in [0.5, 0.6) is 5.75 Å². The van der Waals surface area contributed by atoms with Crippen molar-refractivity contribution in [1.82, 2.24) is 9.78 Å². The SMILES string of the molecule is CCn1cc(C(C)(N)c2ccc(OC)cc2)cn1. The lowest BCUT2D eigenvalue weighted by Crippen LogP contribution is -2.33. The van der Waals surface area contributed by atoms with E-state index >= 15 is 0 Å². The zero-order valence-corrected chi connectivity index (χ0v) is 11.1. The van der Waals surface area contributed by atoms with Crippen LogP contribution in [0.3, 0.4) is 0 Å². The molecule has 2 N–H and O–H groups in total. The number of nitrogens with two attached hydrogens (primary N) is 1. The average Bonchev–Trinajstić information content (AvgIpc) is 2.88. The minimum atomic E-state index is -0.542. The number of hydrogen-bond donors (Lipinski definition) is 1. The number of methoxy groups -OCH3 is 1. The van der Waals surface area contributed by atoms with Gasteiger partial charge in [-0.15, -0.1) is 0 Å². The van der Waals surface area contributed by atoms with E-state index in [4.69, 9.17) is 10.5 Å². The van der Waals surface area contributed by atoms with E-state index < -0.39 is 5.54 Å². The molecular weight excluding hydrogens is 226 g/mol. The lowest BCUT2D eigenvalue weighted by Gasteiger charge is -2.24. The maximum atomic E-state index is 6.42. The van der Waals surface area contributed by atoms with Crippen LogP contribution < -0.4 is 10.5 Å². The van der Waals surface area contributed by atoms with Gasteiger partial charge in [-0.2, -0.15) is 5.10 Å². The summed E-state index contributed by atoms with van der Waals surface area (Å²) in [5.41, 5.74) is 7.93. The van der Waals surface area contributed by atoms with Crippen molar-refractivity contribution in [3.8, 4) is 5.75 Å². The van der Waals surface area contributed by atoms with E-state index in [-0.39, 0.29) is 0 Å². The molecule has 1 unspecified atom stereocenters. The molecule has 0 aliphatic carbocycles. The molecule has 96 valence electrons. The van der Waals surface area contributed by atoms with E-state index in [1.807, 2.05) is 48.3 Å². The fourth-order valence-corrected chi connectivity index (χ4v) is 1.91. The molecule has 4 heteroatoms. The topological polar surface area (TPSA) is 53.1 Å². The van der Waals surface area contributed by atoms with Crippen molar-refractivity contribution in [3.05, 3.63) is 47.8 Å². The Kier molecular flexibility index (Phi) is 3.39. The summed E-state index contributed by atoms with van der Waals surface area (Å²) in [7, 11) is 1.65. The number of aromatic nitrogens is 2. The lowest BCUT2D eigenvalue weighted by atomic mass is 9.88. The third-order valence-corrected chi connectivity index (χ3v) is 3.25. The fourth-order valence-electron chi connectivity index (χ4n) is 1.91. The van der Waals surface area contributed by atoms with Crippen LogP contribution in [0.25, 0.3) is 0 Å². The van der Waals surface area contributed by atoms with Crippen molar-refractivity contribution in [3.63, 3.8) is 0 Å². The Morgan fingerprint density at radius 1 is 1.28 bits per heavy atom. The van der Waals surface area contributed by atoms with Gasteiger partial charge >= 0.3 is 0 Å². The molecule has 0 radical (unpaired) electrons. The van der Waals surface area contributed by atoms with Gasteiger partial charge in [0, 0.05) is 18.3 Å². The average molecular weight is 245 g/mol. The molecule has 4 nitrogen and oxygen atoms in total. The molecule has 0 saturated heterocycles. The highest BCUT2D eigenvalue weighted by Crippen LogP contribution is 2.27. The normalized spacial score (nSPS) is 14.2. The number of rotatable bonds is 4. The molecule has 0 saturated carbocycles. The van der Waals surface area contributed by atoms with Crippen molar-refractivity contribution >= 4 is 0 Å². The van der Waals surface area contributed by atoms with Gasteiger partial charge in [0.2, 0.25) is 0 Å². The molecule has 1 aromatic heterocycles. The van der Waals surface area contributed by atoms with Gasteiger partial charge in [-0.25, -0.2) is 0 Å². The Bertz CT molecular complexity index is 514. The Hall–Kier alpha value is -1.81. The standard InChI is InChI=1S/C14H19N3O/c1-4-17-10-12(9-16-17)14(2,15)11-5-7-13(18-3)8-6-11/h5-10H,4,15H2,1-3H3. The first-order valence-corrected chi connectivity index (χ1v) is 6.04. The van der Waals surface area contributed by atoms with Crippen molar-refractivity contribution in [2.45, 2.75) is 25.9 Å². The van der Waals surface area contributed by atoms with Crippen LogP contribution in [0, 0.1) is 0 Å². The molecule has 0 aliphatic heterocycles. The Labute approximate surface area is 107 Å². The van der Waals surface area contributed by atoms with Gasteiger partial charge in [-0.3, -0.25) is 4.68 Å². The Morgan fingerprint density at radius 3 is 2.44 bits per heavy atom.